The molecule has 0 saturated carbocycles. The van der Waals surface area contributed by atoms with Gasteiger partial charge >= 0.3 is 0 Å². The first-order chi connectivity index (χ1) is 4.81. The summed E-state index contributed by atoms with van der Waals surface area (Å²) in [6.45, 7) is 6.78. The Morgan fingerprint density at radius 2 is 2.30 bits per heavy atom. The second kappa shape index (κ2) is 7.03. The van der Waals surface area contributed by atoms with Gasteiger partial charge in [-0.25, -0.2) is 0 Å². The lowest BCUT2D eigenvalue weighted by Crippen LogP contribution is -2.14. The van der Waals surface area contributed by atoms with Crippen LogP contribution in [0.25, 0.3) is 0 Å². The first kappa shape index (κ1) is 9.92. The Labute approximate surface area is 63.2 Å². The fraction of sp³-hybridized carbons (Fsp3) is 0.875. The van der Waals surface area contributed by atoms with E-state index in [2.05, 4.69) is 6.92 Å². The summed E-state index contributed by atoms with van der Waals surface area (Å²) < 4.78 is 5.08. The highest BCUT2D eigenvalue weighted by Gasteiger charge is 2.00. The van der Waals surface area contributed by atoms with Crippen molar-refractivity contribution in [1.29, 1.82) is 0 Å². The van der Waals surface area contributed by atoms with E-state index in [4.69, 9.17) is 9.84 Å². The Morgan fingerprint density at radius 1 is 1.60 bits per heavy atom. The summed E-state index contributed by atoms with van der Waals surface area (Å²) in [6.07, 6.45) is 2.33. The molecule has 1 N–H and O–H groups in total. The normalized spacial score (nSPS) is 13.5. The van der Waals surface area contributed by atoms with E-state index in [-0.39, 0.29) is 6.10 Å². The molecule has 0 rings (SSSR count). The number of ether oxygens (including phenoxy) is 1. The van der Waals surface area contributed by atoms with Gasteiger partial charge in [0.2, 0.25) is 0 Å². The zero-order valence-electron chi connectivity index (χ0n) is 6.68. The molecule has 61 valence electrons. The molecule has 0 bridgehead atoms. The number of rotatable bonds is 6. The second-order valence-corrected chi connectivity index (χ2v) is 2.37. The number of hydrogen-bond donors (Lipinski definition) is 1. The van der Waals surface area contributed by atoms with Crippen LogP contribution in [0.15, 0.2) is 0 Å². The molecule has 0 fully saturated rings. The van der Waals surface area contributed by atoms with Gasteiger partial charge in [0.15, 0.2) is 0 Å². The van der Waals surface area contributed by atoms with Crippen molar-refractivity contribution in [2.24, 2.45) is 0 Å². The van der Waals surface area contributed by atoms with Gasteiger partial charge in [-0.1, -0.05) is 20.3 Å². The zero-order valence-corrected chi connectivity index (χ0v) is 6.68. The van der Waals surface area contributed by atoms with Crippen LogP contribution in [-0.2, 0) is 4.74 Å². The minimum atomic E-state index is -0.281. The minimum absolute atomic E-state index is 0.281. The predicted octanol–water partition coefficient (Wildman–Crippen LogP) is 1.39. The summed E-state index contributed by atoms with van der Waals surface area (Å²) in [7, 11) is 0. The topological polar surface area (TPSA) is 29.5 Å². The van der Waals surface area contributed by atoms with Crippen LogP contribution in [0.2, 0.25) is 0 Å². The molecule has 1 atom stereocenters. The minimum Gasteiger partial charge on any atom is -0.391 e. The fourth-order valence-corrected chi connectivity index (χ4v) is 0.738. The van der Waals surface area contributed by atoms with Crippen LogP contribution in [0.5, 0.6) is 0 Å². The Bertz CT molecular complexity index is 64.3. The molecule has 0 aliphatic carbocycles. The molecule has 0 amide bonds. The van der Waals surface area contributed by atoms with Gasteiger partial charge in [0.1, 0.15) is 0 Å². The lowest BCUT2D eigenvalue weighted by molar-refractivity contribution is 0.0340. The van der Waals surface area contributed by atoms with Gasteiger partial charge in [-0.05, 0) is 12.8 Å². The van der Waals surface area contributed by atoms with E-state index in [1.807, 2.05) is 6.92 Å². The van der Waals surface area contributed by atoms with Gasteiger partial charge in [-0.3, -0.25) is 0 Å². The van der Waals surface area contributed by atoms with Crippen LogP contribution < -0.4 is 0 Å². The molecule has 1 unspecified atom stereocenters. The van der Waals surface area contributed by atoms with Crippen LogP contribution >= 0.6 is 0 Å². The van der Waals surface area contributed by atoms with E-state index in [9.17, 15) is 0 Å². The molecule has 0 aromatic rings. The van der Waals surface area contributed by atoms with Crippen LogP contribution in [0.1, 0.15) is 26.2 Å². The van der Waals surface area contributed by atoms with Crippen LogP contribution in [0.3, 0.4) is 0 Å². The number of aliphatic hydroxyl groups is 1. The SMILES string of the molecule is [CH2]CCOCC(O)CCC. The number of hydrogen-bond acceptors (Lipinski definition) is 2. The van der Waals surface area contributed by atoms with Gasteiger partial charge in [0.05, 0.1) is 12.7 Å². The molecule has 0 aromatic carbocycles. The molecule has 10 heavy (non-hydrogen) atoms. The van der Waals surface area contributed by atoms with E-state index >= 15 is 0 Å². The van der Waals surface area contributed by atoms with Gasteiger partial charge in [-0.2, -0.15) is 0 Å². The molecular formula is C8H17O2. The highest BCUT2D eigenvalue weighted by molar-refractivity contribution is 4.51. The molecule has 0 aromatic heterocycles. The van der Waals surface area contributed by atoms with Crippen LogP contribution in [0.4, 0.5) is 0 Å². The molecule has 0 saturated heterocycles. The lowest BCUT2D eigenvalue weighted by Gasteiger charge is -2.08. The first-order valence-electron chi connectivity index (χ1n) is 3.86. The van der Waals surface area contributed by atoms with Crippen molar-refractivity contribution >= 4 is 0 Å². The summed E-state index contributed by atoms with van der Waals surface area (Å²) in [6, 6.07) is 0. The third-order valence-corrected chi connectivity index (χ3v) is 1.22. The van der Waals surface area contributed by atoms with E-state index in [1.54, 1.807) is 0 Å². The maximum absolute atomic E-state index is 9.13. The molecule has 0 aliphatic rings. The maximum Gasteiger partial charge on any atom is 0.0773 e. The number of aliphatic hydroxyl groups excluding tert-OH is 1. The summed E-state index contributed by atoms with van der Waals surface area (Å²) in [5.74, 6) is 0. The average molecular weight is 145 g/mol. The molecule has 0 heterocycles. The van der Waals surface area contributed by atoms with Crippen LogP contribution in [-0.4, -0.2) is 24.4 Å². The molecule has 2 nitrogen and oxygen atoms in total. The predicted molar refractivity (Wildman–Crippen MR) is 41.7 cm³/mol. The summed E-state index contributed by atoms with van der Waals surface area (Å²) in [5, 5.41) is 9.13. The van der Waals surface area contributed by atoms with E-state index in [0.717, 1.165) is 19.3 Å². The third kappa shape index (κ3) is 6.05. The van der Waals surface area contributed by atoms with E-state index in [1.165, 1.54) is 0 Å². The van der Waals surface area contributed by atoms with Gasteiger partial charge in [-0.15, -0.1) is 0 Å². The molecular weight excluding hydrogens is 128 g/mol. The van der Waals surface area contributed by atoms with Gasteiger partial charge in [0, 0.05) is 6.61 Å². The second-order valence-electron chi connectivity index (χ2n) is 2.37. The third-order valence-electron chi connectivity index (χ3n) is 1.22. The van der Waals surface area contributed by atoms with Crippen molar-refractivity contribution < 1.29 is 9.84 Å². The fourth-order valence-electron chi connectivity index (χ4n) is 0.738. The molecule has 0 aliphatic heterocycles. The van der Waals surface area contributed by atoms with Crippen LogP contribution in [0, 0.1) is 6.92 Å². The van der Waals surface area contributed by atoms with Crippen molar-refractivity contribution in [3.8, 4) is 0 Å². The average Bonchev–Trinajstić information content (AvgIpc) is 1.89. The first-order valence-corrected chi connectivity index (χ1v) is 3.86. The standard InChI is InChI=1S/C8H17O2/c1-3-5-8(9)7-10-6-4-2/h8-9H,2-7H2,1H3. The van der Waals surface area contributed by atoms with E-state index in [0.29, 0.717) is 13.2 Å². The van der Waals surface area contributed by atoms with Crippen molar-refractivity contribution in [2.75, 3.05) is 13.2 Å². The largest absolute Gasteiger partial charge is 0.391 e. The van der Waals surface area contributed by atoms with Crippen molar-refractivity contribution in [3.63, 3.8) is 0 Å². The van der Waals surface area contributed by atoms with Crippen molar-refractivity contribution in [3.05, 3.63) is 6.92 Å². The van der Waals surface area contributed by atoms with E-state index < -0.39 is 0 Å². The Kier molecular flexibility index (Phi) is 6.98. The monoisotopic (exact) mass is 145 g/mol. The maximum atomic E-state index is 9.13. The Morgan fingerprint density at radius 3 is 2.80 bits per heavy atom. The van der Waals surface area contributed by atoms with Crippen molar-refractivity contribution in [2.45, 2.75) is 32.3 Å². The summed E-state index contributed by atoms with van der Waals surface area (Å²) >= 11 is 0. The smallest absolute Gasteiger partial charge is 0.0773 e. The Balaban J connectivity index is 2.97. The molecule has 1 radical (unpaired) electrons. The summed E-state index contributed by atoms with van der Waals surface area (Å²) in [4.78, 5) is 0. The Hall–Kier alpha value is -0.0800. The molecule has 2 heteroatoms. The lowest BCUT2D eigenvalue weighted by atomic mass is 10.2. The summed E-state index contributed by atoms with van der Waals surface area (Å²) in [5.41, 5.74) is 0. The highest BCUT2D eigenvalue weighted by Crippen LogP contribution is 1.96. The van der Waals surface area contributed by atoms with Gasteiger partial charge in [0.25, 0.3) is 0 Å². The molecule has 0 spiro atoms. The van der Waals surface area contributed by atoms with Gasteiger partial charge < -0.3 is 9.84 Å². The quantitative estimate of drug-likeness (QED) is 0.572. The highest BCUT2D eigenvalue weighted by atomic mass is 16.5. The van der Waals surface area contributed by atoms with Crippen molar-refractivity contribution in [1.82, 2.24) is 0 Å². The zero-order chi connectivity index (χ0) is 7.82.